The predicted octanol–water partition coefficient (Wildman–Crippen LogP) is 2.44. The smallest absolute Gasteiger partial charge is 0.244 e. The van der Waals surface area contributed by atoms with Crippen molar-refractivity contribution in [3.63, 3.8) is 0 Å². The highest BCUT2D eigenvalue weighted by molar-refractivity contribution is 5.98. The third-order valence-corrected chi connectivity index (χ3v) is 4.15. The standard InChI is InChI=1S/C16H24N2O2/c1-16(2)10-7-11-17-14(16)15(19)18(3)12-8-5-6-9-13(12)20-4/h5-6,8-9,14,17H,7,10-11H2,1-4H3. The summed E-state index contributed by atoms with van der Waals surface area (Å²) in [7, 11) is 3.44. The van der Waals surface area contributed by atoms with Gasteiger partial charge in [0.1, 0.15) is 5.75 Å². The van der Waals surface area contributed by atoms with Gasteiger partial charge in [-0.3, -0.25) is 4.79 Å². The number of hydrogen-bond donors (Lipinski definition) is 1. The molecule has 0 radical (unpaired) electrons. The molecule has 20 heavy (non-hydrogen) atoms. The van der Waals surface area contributed by atoms with Crippen LogP contribution in [0.3, 0.4) is 0 Å². The van der Waals surface area contributed by atoms with Crippen LogP contribution < -0.4 is 15.0 Å². The summed E-state index contributed by atoms with van der Waals surface area (Å²) in [6, 6.07) is 7.46. The molecular weight excluding hydrogens is 252 g/mol. The summed E-state index contributed by atoms with van der Waals surface area (Å²) in [6.07, 6.45) is 2.19. The minimum absolute atomic E-state index is 0.0222. The number of para-hydroxylation sites is 2. The highest BCUT2D eigenvalue weighted by atomic mass is 16.5. The summed E-state index contributed by atoms with van der Waals surface area (Å²) in [5.74, 6) is 0.816. The van der Waals surface area contributed by atoms with E-state index in [0.717, 1.165) is 30.8 Å². The Morgan fingerprint density at radius 1 is 1.40 bits per heavy atom. The molecule has 0 spiro atoms. The van der Waals surface area contributed by atoms with E-state index in [1.807, 2.05) is 31.3 Å². The topological polar surface area (TPSA) is 41.6 Å². The van der Waals surface area contributed by atoms with E-state index in [1.54, 1.807) is 12.0 Å². The first-order chi connectivity index (χ1) is 9.47. The van der Waals surface area contributed by atoms with Crippen molar-refractivity contribution in [2.45, 2.75) is 32.7 Å². The zero-order valence-electron chi connectivity index (χ0n) is 12.8. The molecule has 1 heterocycles. The number of nitrogens with zero attached hydrogens (tertiary/aromatic N) is 1. The molecule has 4 nitrogen and oxygen atoms in total. The summed E-state index contributed by atoms with van der Waals surface area (Å²) in [6.45, 7) is 5.20. The second-order valence-electron chi connectivity index (χ2n) is 6.05. The van der Waals surface area contributed by atoms with Crippen LogP contribution in [0.15, 0.2) is 24.3 Å². The van der Waals surface area contributed by atoms with Gasteiger partial charge < -0.3 is 15.0 Å². The largest absolute Gasteiger partial charge is 0.495 e. The Kier molecular flexibility index (Phi) is 4.33. The average molecular weight is 276 g/mol. The lowest BCUT2D eigenvalue weighted by atomic mass is 9.77. The summed E-state index contributed by atoms with van der Waals surface area (Å²) in [5.41, 5.74) is 0.786. The molecule has 1 fully saturated rings. The summed E-state index contributed by atoms with van der Waals surface area (Å²) in [5, 5.41) is 3.37. The molecule has 4 heteroatoms. The lowest BCUT2D eigenvalue weighted by Crippen LogP contribution is -2.56. The van der Waals surface area contributed by atoms with Gasteiger partial charge in [0.15, 0.2) is 0 Å². The molecule has 1 atom stereocenters. The number of amides is 1. The molecule has 0 bridgehead atoms. The second-order valence-corrected chi connectivity index (χ2v) is 6.05. The molecule has 1 amide bonds. The van der Waals surface area contributed by atoms with Crippen molar-refractivity contribution in [2.75, 3.05) is 25.6 Å². The number of rotatable bonds is 3. The van der Waals surface area contributed by atoms with E-state index in [0.29, 0.717) is 0 Å². The highest BCUT2D eigenvalue weighted by Gasteiger charge is 2.39. The number of likely N-dealkylation sites (N-methyl/N-ethyl adjacent to an activating group) is 1. The first kappa shape index (κ1) is 14.9. The van der Waals surface area contributed by atoms with Gasteiger partial charge in [-0.2, -0.15) is 0 Å². The van der Waals surface area contributed by atoms with Crippen molar-refractivity contribution in [1.29, 1.82) is 0 Å². The number of carbonyl (C=O) groups excluding carboxylic acids is 1. The van der Waals surface area contributed by atoms with E-state index in [1.165, 1.54) is 0 Å². The van der Waals surface area contributed by atoms with Crippen molar-refractivity contribution < 1.29 is 9.53 Å². The predicted molar refractivity (Wildman–Crippen MR) is 81.2 cm³/mol. The molecule has 0 aromatic heterocycles. The van der Waals surface area contributed by atoms with Gasteiger partial charge in [-0.15, -0.1) is 0 Å². The molecule has 1 saturated heterocycles. The quantitative estimate of drug-likeness (QED) is 0.922. The Labute approximate surface area is 121 Å². The third kappa shape index (κ3) is 2.80. The maximum Gasteiger partial charge on any atom is 0.244 e. The van der Waals surface area contributed by atoms with Crippen LogP contribution >= 0.6 is 0 Å². The lowest BCUT2D eigenvalue weighted by molar-refractivity contribution is -0.123. The Balaban J connectivity index is 2.24. The molecule has 1 aliphatic heterocycles. The van der Waals surface area contributed by atoms with Gasteiger partial charge in [-0.1, -0.05) is 26.0 Å². The minimum Gasteiger partial charge on any atom is -0.495 e. The fraction of sp³-hybridized carbons (Fsp3) is 0.562. The number of benzene rings is 1. The third-order valence-electron chi connectivity index (χ3n) is 4.15. The molecule has 2 rings (SSSR count). The van der Waals surface area contributed by atoms with Crippen molar-refractivity contribution >= 4 is 11.6 Å². The van der Waals surface area contributed by atoms with E-state index in [-0.39, 0.29) is 17.4 Å². The van der Waals surface area contributed by atoms with Gasteiger partial charge in [-0.05, 0) is 36.9 Å². The van der Waals surface area contributed by atoms with E-state index in [4.69, 9.17) is 4.74 Å². The van der Waals surface area contributed by atoms with E-state index in [9.17, 15) is 4.79 Å². The summed E-state index contributed by atoms with van der Waals surface area (Å²) < 4.78 is 5.34. The molecule has 0 aliphatic carbocycles. The average Bonchev–Trinajstić information content (AvgIpc) is 2.45. The van der Waals surface area contributed by atoms with Gasteiger partial charge in [0.2, 0.25) is 5.91 Å². The Bertz CT molecular complexity index is 485. The Morgan fingerprint density at radius 2 is 2.10 bits per heavy atom. The summed E-state index contributed by atoms with van der Waals surface area (Å²) >= 11 is 0. The van der Waals surface area contributed by atoms with Crippen LogP contribution in [-0.4, -0.2) is 32.7 Å². The molecule has 1 N–H and O–H groups in total. The molecule has 1 aromatic carbocycles. The van der Waals surface area contributed by atoms with Crippen molar-refractivity contribution in [3.8, 4) is 5.75 Å². The zero-order chi connectivity index (χ0) is 14.8. The van der Waals surface area contributed by atoms with Crippen LogP contribution in [0.5, 0.6) is 5.75 Å². The SMILES string of the molecule is COc1ccccc1N(C)C(=O)C1NCCCC1(C)C. The molecule has 0 saturated carbocycles. The van der Waals surface area contributed by atoms with Crippen molar-refractivity contribution in [3.05, 3.63) is 24.3 Å². The number of carbonyl (C=O) groups is 1. The zero-order valence-corrected chi connectivity index (χ0v) is 12.8. The van der Waals surface area contributed by atoms with Crippen LogP contribution in [0, 0.1) is 5.41 Å². The van der Waals surface area contributed by atoms with Crippen LogP contribution in [0.1, 0.15) is 26.7 Å². The van der Waals surface area contributed by atoms with E-state index < -0.39 is 0 Å². The van der Waals surface area contributed by atoms with E-state index in [2.05, 4.69) is 19.2 Å². The van der Waals surface area contributed by atoms with Crippen LogP contribution in [-0.2, 0) is 4.79 Å². The van der Waals surface area contributed by atoms with Gasteiger partial charge >= 0.3 is 0 Å². The van der Waals surface area contributed by atoms with Gasteiger partial charge in [-0.25, -0.2) is 0 Å². The first-order valence-electron chi connectivity index (χ1n) is 7.11. The minimum atomic E-state index is -0.147. The molecule has 1 aromatic rings. The van der Waals surface area contributed by atoms with Crippen LogP contribution in [0.25, 0.3) is 0 Å². The van der Waals surface area contributed by atoms with E-state index >= 15 is 0 Å². The number of anilines is 1. The number of methoxy groups -OCH3 is 1. The first-order valence-corrected chi connectivity index (χ1v) is 7.11. The maximum atomic E-state index is 12.8. The monoisotopic (exact) mass is 276 g/mol. The fourth-order valence-electron chi connectivity index (χ4n) is 2.85. The number of ether oxygens (including phenoxy) is 1. The number of hydrogen-bond acceptors (Lipinski definition) is 3. The van der Waals surface area contributed by atoms with Crippen molar-refractivity contribution in [2.24, 2.45) is 5.41 Å². The van der Waals surface area contributed by atoms with Crippen molar-refractivity contribution in [1.82, 2.24) is 5.32 Å². The van der Waals surface area contributed by atoms with Crippen LogP contribution in [0.2, 0.25) is 0 Å². The Hall–Kier alpha value is -1.55. The van der Waals surface area contributed by atoms with Gasteiger partial charge in [0.05, 0.1) is 18.8 Å². The molecule has 110 valence electrons. The maximum absolute atomic E-state index is 12.8. The normalized spacial score (nSPS) is 21.3. The highest BCUT2D eigenvalue weighted by Crippen LogP contribution is 2.33. The number of piperidine rings is 1. The van der Waals surface area contributed by atoms with Gasteiger partial charge in [0, 0.05) is 7.05 Å². The van der Waals surface area contributed by atoms with Crippen LogP contribution in [0.4, 0.5) is 5.69 Å². The molecule has 1 aliphatic rings. The fourth-order valence-corrected chi connectivity index (χ4v) is 2.85. The Morgan fingerprint density at radius 3 is 2.75 bits per heavy atom. The van der Waals surface area contributed by atoms with Gasteiger partial charge in [0.25, 0.3) is 0 Å². The lowest BCUT2D eigenvalue weighted by Gasteiger charge is -2.40. The molecular formula is C16H24N2O2. The summed E-state index contributed by atoms with van der Waals surface area (Å²) in [4.78, 5) is 14.5. The number of nitrogens with one attached hydrogen (secondary N) is 1. The molecule has 1 unspecified atom stereocenters. The second kappa shape index (κ2) is 5.83.